The van der Waals surface area contributed by atoms with E-state index in [1.165, 1.54) is 6.07 Å². The molecule has 17 heavy (non-hydrogen) atoms. The smallest absolute Gasteiger partial charge is 0.123 e. The molecule has 0 radical (unpaired) electrons. The van der Waals surface area contributed by atoms with Crippen LogP contribution in [0, 0.1) is 12.7 Å². The van der Waals surface area contributed by atoms with Crippen LogP contribution in [-0.2, 0) is 11.2 Å². The zero-order valence-electron chi connectivity index (χ0n) is 10.9. The van der Waals surface area contributed by atoms with Crippen molar-refractivity contribution in [2.45, 2.75) is 33.2 Å². The Bertz CT molecular complexity index is 341. The SMILES string of the molecule is CCNC(COCC)Cc1cc(F)ccc1C. The lowest BCUT2D eigenvalue weighted by Gasteiger charge is -2.18. The fourth-order valence-electron chi connectivity index (χ4n) is 1.86. The van der Waals surface area contributed by atoms with Crippen LogP contribution >= 0.6 is 0 Å². The Kier molecular flexibility index (Phi) is 6.16. The van der Waals surface area contributed by atoms with E-state index in [1.54, 1.807) is 6.07 Å². The van der Waals surface area contributed by atoms with E-state index in [4.69, 9.17) is 4.74 Å². The largest absolute Gasteiger partial charge is 0.380 e. The number of rotatable bonds is 7. The summed E-state index contributed by atoms with van der Waals surface area (Å²) in [5.41, 5.74) is 2.18. The minimum atomic E-state index is -0.169. The quantitative estimate of drug-likeness (QED) is 0.790. The highest BCUT2D eigenvalue weighted by Gasteiger charge is 2.10. The van der Waals surface area contributed by atoms with E-state index in [0.29, 0.717) is 13.2 Å². The first-order valence-corrected chi connectivity index (χ1v) is 6.23. The number of hydrogen-bond donors (Lipinski definition) is 1. The second kappa shape index (κ2) is 7.41. The third kappa shape index (κ3) is 4.84. The Labute approximate surface area is 103 Å². The monoisotopic (exact) mass is 239 g/mol. The normalized spacial score (nSPS) is 12.7. The van der Waals surface area contributed by atoms with Crippen molar-refractivity contribution >= 4 is 0 Å². The first-order valence-electron chi connectivity index (χ1n) is 6.23. The Morgan fingerprint density at radius 2 is 2.12 bits per heavy atom. The van der Waals surface area contributed by atoms with Gasteiger partial charge in [-0.2, -0.15) is 0 Å². The molecule has 0 aliphatic rings. The van der Waals surface area contributed by atoms with Gasteiger partial charge in [-0.25, -0.2) is 4.39 Å². The van der Waals surface area contributed by atoms with Gasteiger partial charge in [-0.15, -0.1) is 0 Å². The Morgan fingerprint density at radius 1 is 1.35 bits per heavy atom. The molecule has 2 nitrogen and oxygen atoms in total. The molecular weight excluding hydrogens is 217 g/mol. The average Bonchev–Trinajstić information content (AvgIpc) is 2.31. The van der Waals surface area contributed by atoms with Gasteiger partial charge < -0.3 is 10.1 Å². The van der Waals surface area contributed by atoms with Crippen LogP contribution < -0.4 is 5.32 Å². The maximum absolute atomic E-state index is 13.2. The van der Waals surface area contributed by atoms with Gasteiger partial charge in [0, 0.05) is 12.6 Å². The van der Waals surface area contributed by atoms with Crippen molar-refractivity contribution in [1.29, 1.82) is 0 Å². The van der Waals surface area contributed by atoms with Gasteiger partial charge in [0.25, 0.3) is 0 Å². The molecule has 1 aromatic rings. The summed E-state index contributed by atoms with van der Waals surface area (Å²) in [4.78, 5) is 0. The second-order valence-electron chi connectivity index (χ2n) is 4.19. The van der Waals surface area contributed by atoms with Crippen LogP contribution in [0.3, 0.4) is 0 Å². The summed E-state index contributed by atoms with van der Waals surface area (Å²) >= 11 is 0. The van der Waals surface area contributed by atoms with E-state index in [9.17, 15) is 4.39 Å². The maximum atomic E-state index is 13.2. The summed E-state index contributed by atoms with van der Waals surface area (Å²) in [7, 11) is 0. The number of benzene rings is 1. The van der Waals surface area contributed by atoms with Crippen LogP contribution in [0.4, 0.5) is 4.39 Å². The zero-order valence-corrected chi connectivity index (χ0v) is 10.9. The standard InChI is InChI=1S/C14H22FNO/c1-4-16-14(10-17-5-2)9-12-8-13(15)7-6-11(12)3/h6-8,14,16H,4-5,9-10H2,1-3H3. The van der Waals surface area contributed by atoms with Gasteiger partial charge >= 0.3 is 0 Å². The van der Waals surface area contributed by atoms with Gasteiger partial charge in [0.05, 0.1) is 6.61 Å². The van der Waals surface area contributed by atoms with Crippen molar-refractivity contribution in [1.82, 2.24) is 5.32 Å². The summed E-state index contributed by atoms with van der Waals surface area (Å²) in [5, 5.41) is 3.37. The molecule has 0 saturated carbocycles. The highest BCUT2D eigenvalue weighted by atomic mass is 19.1. The van der Waals surface area contributed by atoms with E-state index < -0.39 is 0 Å². The Morgan fingerprint density at radius 3 is 2.76 bits per heavy atom. The van der Waals surface area contributed by atoms with Crippen molar-refractivity contribution in [3.8, 4) is 0 Å². The molecule has 0 heterocycles. The molecule has 0 saturated heterocycles. The van der Waals surface area contributed by atoms with E-state index in [0.717, 1.165) is 24.1 Å². The Hall–Kier alpha value is -0.930. The second-order valence-corrected chi connectivity index (χ2v) is 4.19. The molecular formula is C14H22FNO. The summed E-state index contributed by atoms with van der Waals surface area (Å²) in [6.07, 6.45) is 0.803. The maximum Gasteiger partial charge on any atom is 0.123 e. The topological polar surface area (TPSA) is 21.3 Å². The molecule has 1 aromatic carbocycles. The number of likely N-dealkylation sites (N-methyl/N-ethyl adjacent to an activating group) is 1. The highest BCUT2D eigenvalue weighted by Crippen LogP contribution is 2.12. The number of hydrogen-bond acceptors (Lipinski definition) is 2. The van der Waals surface area contributed by atoms with E-state index in [1.807, 2.05) is 19.9 Å². The minimum absolute atomic E-state index is 0.169. The summed E-state index contributed by atoms with van der Waals surface area (Å²) in [6.45, 7) is 8.34. The van der Waals surface area contributed by atoms with Crippen LogP contribution in [0.2, 0.25) is 0 Å². The molecule has 0 fully saturated rings. The van der Waals surface area contributed by atoms with E-state index in [-0.39, 0.29) is 11.9 Å². The van der Waals surface area contributed by atoms with Gasteiger partial charge in [0.2, 0.25) is 0 Å². The van der Waals surface area contributed by atoms with Gasteiger partial charge in [0.15, 0.2) is 0 Å². The zero-order chi connectivity index (χ0) is 12.7. The first kappa shape index (κ1) is 14.1. The molecule has 0 aromatic heterocycles. The highest BCUT2D eigenvalue weighted by molar-refractivity contribution is 5.27. The van der Waals surface area contributed by atoms with Gasteiger partial charge in [0.1, 0.15) is 5.82 Å². The number of aryl methyl sites for hydroxylation is 1. The van der Waals surface area contributed by atoms with E-state index in [2.05, 4.69) is 12.2 Å². The number of halogens is 1. The number of ether oxygens (including phenoxy) is 1. The summed E-state index contributed by atoms with van der Waals surface area (Å²) < 4.78 is 18.6. The van der Waals surface area contributed by atoms with Crippen molar-refractivity contribution in [2.75, 3.05) is 19.8 Å². The number of nitrogens with one attached hydrogen (secondary N) is 1. The molecule has 1 atom stereocenters. The van der Waals surface area contributed by atoms with Crippen LogP contribution in [0.15, 0.2) is 18.2 Å². The van der Waals surface area contributed by atoms with E-state index >= 15 is 0 Å². The summed E-state index contributed by atoms with van der Waals surface area (Å²) in [6, 6.07) is 5.20. The molecule has 0 spiro atoms. The lowest BCUT2D eigenvalue weighted by atomic mass is 10.0. The van der Waals surface area contributed by atoms with Gasteiger partial charge in [-0.1, -0.05) is 13.0 Å². The predicted molar refractivity (Wildman–Crippen MR) is 68.8 cm³/mol. The summed E-state index contributed by atoms with van der Waals surface area (Å²) in [5.74, 6) is -0.169. The van der Waals surface area contributed by atoms with Crippen molar-refractivity contribution in [3.63, 3.8) is 0 Å². The molecule has 1 N–H and O–H groups in total. The third-order valence-corrected chi connectivity index (χ3v) is 2.79. The molecule has 0 aliphatic carbocycles. The molecule has 1 rings (SSSR count). The third-order valence-electron chi connectivity index (χ3n) is 2.79. The van der Waals surface area contributed by atoms with Crippen molar-refractivity contribution < 1.29 is 9.13 Å². The van der Waals surface area contributed by atoms with Crippen LogP contribution in [0.5, 0.6) is 0 Å². The van der Waals surface area contributed by atoms with Crippen molar-refractivity contribution in [3.05, 3.63) is 35.1 Å². The average molecular weight is 239 g/mol. The Balaban J connectivity index is 2.67. The fraction of sp³-hybridized carbons (Fsp3) is 0.571. The van der Waals surface area contributed by atoms with Crippen LogP contribution in [-0.4, -0.2) is 25.8 Å². The van der Waals surface area contributed by atoms with Crippen molar-refractivity contribution in [2.24, 2.45) is 0 Å². The molecule has 0 aliphatic heterocycles. The molecule has 0 amide bonds. The van der Waals surface area contributed by atoms with Crippen LogP contribution in [0.1, 0.15) is 25.0 Å². The molecule has 96 valence electrons. The molecule has 1 unspecified atom stereocenters. The minimum Gasteiger partial charge on any atom is -0.380 e. The van der Waals surface area contributed by atoms with Gasteiger partial charge in [-0.05, 0) is 50.1 Å². The van der Waals surface area contributed by atoms with Gasteiger partial charge in [-0.3, -0.25) is 0 Å². The lowest BCUT2D eigenvalue weighted by molar-refractivity contribution is 0.123. The molecule has 3 heteroatoms. The van der Waals surface area contributed by atoms with Crippen LogP contribution in [0.25, 0.3) is 0 Å². The fourth-order valence-corrected chi connectivity index (χ4v) is 1.86. The first-order chi connectivity index (χ1) is 8.17. The predicted octanol–water partition coefficient (Wildman–Crippen LogP) is 2.69. The lowest BCUT2D eigenvalue weighted by Crippen LogP contribution is -2.35. The molecule has 0 bridgehead atoms.